The third-order valence-electron chi connectivity index (χ3n) is 3.11. The topological polar surface area (TPSA) is 78.4 Å². The van der Waals surface area contributed by atoms with Crippen molar-refractivity contribution >= 4 is 41.5 Å². The van der Waals surface area contributed by atoms with Gasteiger partial charge in [0.2, 0.25) is 5.91 Å². The molecule has 6 nitrogen and oxygen atoms in total. The largest absolute Gasteiger partial charge is 0.351 e. The van der Waals surface area contributed by atoms with Gasteiger partial charge in [0.25, 0.3) is 0 Å². The number of aromatic nitrogens is 1. The lowest BCUT2D eigenvalue weighted by Crippen LogP contribution is -2.41. The molecule has 2 aromatic rings. The van der Waals surface area contributed by atoms with Crippen LogP contribution in [0.4, 0.5) is 18.9 Å². The van der Waals surface area contributed by atoms with Crippen LogP contribution in [0, 0.1) is 17.5 Å². The van der Waals surface area contributed by atoms with E-state index in [2.05, 4.69) is 25.9 Å². The van der Waals surface area contributed by atoms with Gasteiger partial charge >= 0.3 is 0 Å². The van der Waals surface area contributed by atoms with E-state index in [9.17, 15) is 18.0 Å². The fourth-order valence-electron chi connectivity index (χ4n) is 1.88. The van der Waals surface area contributed by atoms with Gasteiger partial charge in [0, 0.05) is 13.2 Å². The van der Waals surface area contributed by atoms with Gasteiger partial charge in [0.1, 0.15) is 0 Å². The van der Waals surface area contributed by atoms with Gasteiger partial charge in [-0.3, -0.25) is 14.8 Å². The van der Waals surface area contributed by atoms with E-state index in [4.69, 9.17) is 0 Å². The molecule has 0 aliphatic carbocycles. The van der Waals surface area contributed by atoms with Gasteiger partial charge in [-0.15, -0.1) is 24.0 Å². The van der Waals surface area contributed by atoms with Crippen LogP contribution in [0.2, 0.25) is 0 Å². The van der Waals surface area contributed by atoms with Gasteiger partial charge in [0.05, 0.1) is 24.5 Å². The van der Waals surface area contributed by atoms with Crippen molar-refractivity contribution in [3.63, 3.8) is 0 Å². The normalized spacial score (nSPS) is 10.7. The molecule has 0 aliphatic heterocycles. The first-order valence-electron chi connectivity index (χ1n) is 7.29. The van der Waals surface area contributed by atoms with Crippen LogP contribution >= 0.6 is 24.0 Å². The van der Waals surface area contributed by atoms with Gasteiger partial charge in [-0.2, -0.15) is 0 Å². The third-order valence-corrected chi connectivity index (χ3v) is 3.11. The Morgan fingerprint density at radius 3 is 2.54 bits per heavy atom. The third kappa shape index (κ3) is 6.17. The number of amides is 1. The number of carbonyl (C=O) groups excluding carboxylic acids is 1. The first-order valence-corrected chi connectivity index (χ1v) is 7.29. The minimum Gasteiger partial charge on any atom is -0.351 e. The lowest BCUT2D eigenvalue weighted by molar-refractivity contribution is -0.115. The first kappa shape index (κ1) is 21.7. The summed E-state index contributed by atoms with van der Waals surface area (Å²) in [5.74, 6) is -4.74. The Labute approximate surface area is 165 Å². The molecule has 0 fully saturated rings. The van der Waals surface area contributed by atoms with Crippen molar-refractivity contribution in [2.75, 3.05) is 18.9 Å². The van der Waals surface area contributed by atoms with Crippen LogP contribution in [0.25, 0.3) is 0 Å². The molecule has 0 bridgehead atoms. The van der Waals surface area contributed by atoms with E-state index in [1.807, 2.05) is 12.1 Å². The number of rotatable bonds is 5. The fourth-order valence-corrected chi connectivity index (χ4v) is 1.88. The Morgan fingerprint density at radius 2 is 1.88 bits per heavy atom. The summed E-state index contributed by atoms with van der Waals surface area (Å²) in [7, 11) is 1.51. The van der Waals surface area contributed by atoms with E-state index in [0.717, 1.165) is 17.8 Å². The lowest BCUT2D eigenvalue weighted by atomic mass is 10.2. The number of halogens is 4. The zero-order valence-corrected chi connectivity index (χ0v) is 16.1. The van der Waals surface area contributed by atoms with Crippen LogP contribution in [0.3, 0.4) is 0 Å². The van der Waals surface area contributed by atoms with E-state index in [1.54, 1.807) is 12.3 Å². The van der Waals surface area contributed by atoms with Gasteiger partial charge in [-0.05, 0) is 24.3 Å². The minimum absolute atomic E-state index is 0. The summed E-state index contributed by atoms with van der Waals surface area (Å²) in [6, 6.07) is 7.12. The molecule has 10 heteroatoms. The molecule has 0 spiro atoms. The molecular weight excluding hydrogens is 462 g/mol. The lowest BCUT2D eigenvalue weighted by Gasteiger charge is -2.12. The molecule has 26 heavy (non-hydrogen) atoms. The fraction of sp³-hybridized carbons (Fsp3) is 0.188. The van der Waals surface area contributed by atoms with E-state index < -0.39 is 29.0 Å². The molecule has 0 atom stereocenters. The van der Waals surface area contributed by atoms with E-state index >= 15 is 0 Å². The quantitative estimate of drug-likeness (QED) is 0.267. The Morgan fingerprint density at radius 1 is 1.12 bits per heavy atom. The molecule has 0 unspecified atom stereocenters. The zero-order valence-electron chi connectivity index (χ0n) is 13.7. The van der Waals surface area contributed by atoms with Crippen molar-refractivity contribution in [2.24, 2.45) is 4.99 Å². The number of pyridine rings is 1. The van der Waals surface area contributed by atoms with Gasteiger partial charge in [0.15, 0.2) is 23.4 Å². The van der Waals surface area contributed by atoms with Crippen LogP contribution in [-0.4, -0.2) is 30.4 Å². The molecule has 1 aromatic heterocycles. The number of benzene rings is 1. The predicted octanol–water partition coefficient (Wildman–Crippen LogP) is 2.42. The standard InChI is InChI=1S/C16H16F3N5O.HI/c1-20-16(22-8-10-4-2-3-7-21-10)23-9-13(25)24-12-6-5-11(17)14(18)15(12)19;/h2-7H,8-9H2,1H3,(H,24,25)(H2,20,22,23);1H. The van der Waals surface area contributed by atoms with Gasteiger partial charge in [-0.25, -0.2) is 13.2 Å². The highest BCUT2D eigenvalue weighted by Crippen LogP contribution is 2.19. The summed E-state index contributed by atoms with van der Waals surface area (Å²) < 4.78 is 39.5. The summed E-state index contributed by atoms with van der Waals surface area (Å²) in [5, 5.41) is 7.81. The Kier molecular flexibility index (Phi) is 8.82. The second-order valence-corrected chi connectivity index (χ2v) is 4.87. The first-order chi connectivity index (χ1) is 12.0. The molecule has 1 aromatic carbocycles. The summed E-state index contributed by atoms with van der Waals surface area (Å²) in [6.45, 7) is 0.139. The Hall–Kier alpha value is -2.37. The summed E-state index contributed by atoms with van der Waals surface area (Å²) in [6.07, 6.45) is 1.65. The Balaban J connectivity index is 0.00000338. The highest BCUT2D eigenvalue weighted by Gasteiger charge is 2.15. The summed E-state index contributed by atoms with van der Waals surface area (Å²) in [5.41, 5.74) is 0.334. The number of nitrogens with zero attached hydrogens (tertiary/aromatic N) is 2. The maximum atomic E-state index is 13.5. The number of hydrogen-bond donors (Lipinski definition) is 3. The molecule has 3 N–H and O–H groups in total. The molecular formula is C16H17F3IN5O. The number of nitrogens with one attached hydrogen (secondary N) is 3. The number of guanidine groups is 1. The maximum Gasteiger partial charge on any atom is 0.243 e. The SMILES string of the molecule is CN=C(NCC(=O)Nc1ccc(F)c(F)c1F)NCc1ccccn1.I. The molecule has 2 rings (SSSR count). The Bertz CT molecular complexity index is 774. The van der Waals surface area contributed by atoms with E-state index in [0.29, 0.717) is 12.5 Å². The molecule has 0 saturated carbocycles. The highest BCUT2D eigenvalue weighted by atomic mass is 127. The van der Waals surface area contributed by atoms with Crippen molar-refractivity contribution in [1.29, 1.82) is 0 Å². The molecule has 0 radical (unpaired) electrons. The molecule has 0 saturated heterocycles. The van der Waals surface area contributed by atoms with Crippen molar-refractivity contribution in [3.8, 4) is 0 Å². The summed E-state index contributed by atoms with van der Waals surface area (Å²) >= 11 is 0. The van der Waals surface area contributed by atoms with E-state index in [-0.39, 0.29) is 30.5 Å². The van der Waals surface area contributed by atoms with E-state index in [1.165, 1.54) is 7.05 Å². The highest BCUT2D eigenvalue weighted by molar-refractivity contribution is 14.0. The molecule has 140 valence electrons. The van der Waals surface area contributed by atoms with Crippen molar-refractivity contribution in [1.82, 2.24) is 15.6 Å². The van der Waals surface area contributed by atoms with Crippen LogP contribution in [-0.2, 0) is 11.3 Å². The molecule has 1 heterocycles. The van der Waals surface area contributed by atoms with Crippen molar-refractivity contribution in [2.45, 2.75) is 6.54 Å². The monoisotopic (exact) mass is 479 g/mol. The zero-order chi connectivity index (χ0) is 18.2. The van der Waals surface area contributed by atoms with Crippen LogP contribution < -0.4 is 16.0 Å². The average molecular weight is 479 g/mol. The van der Waals surface area contributed by atoms with Gasteiger partial charge < -0.3 is 16.0 Å². The number of anilines is 1. The molecule has 0 aliphatic rings. The minimum atomic E-state index is -1.64. The second kappa shape index (κ2) is 10.6. The van der Waals surface area contributed by atoms with Crippen molar-refractivity contribution < 1.29 is 18.0 Å². The molecule has 1 amide bonds. The maximum absolute atomic E-state index is 13.5. The smallest absolute Gasteiger partial charge is 0.243 e. The average Bonchev–Trinajstić information content (AvgIpc) is 2.63. The number of hydrogen-bond acceptors (Lipinski definition) is 3. The number of aliphatic imine (C=N–C) groups is 1. The van der Waals surface area contributed by atoms with Crippen LogP contribution in [0.1, 0.15) is 5.69 Å². The number of carbonyl (C=O) groups is 1. The second-order valence-electron chi connectivity index (χ2n) is 4.87. The van der Waals surface area contributed by atoms with Crippen molar-refractivity contribution in [3.05, 3.63) is 59.7 Å². The van der Waals surface area contributed by atoms with Gasteiger partial charge in [-0.1, -0.05) is 6.07 Å². The van der Waals surface area contributed by atoms with Crippen LogP contribution in [0.15, 0.2) is 41.5 Å². The predicted molar refractivity (Wildman–Crippen MR) is 103 cm³/mol. The summed E-state index contributed by atoms with van der Waals surface area (Å²) in [4.78, 5) is 19.9. The van der Waals surface area contributed by atoms with Crippen LogP contribution in [0.5, 0.6) is 0 Å².